The summed E-state index contributed by atoms with van der Waals surface area (Å²) in [6.07, 6.45) is 0. The molecule has 20 heavy (non-hydrogen) atoms. The molecule has 0 saturated carbocycles. The Bertz CT molecular complexity index is 755. The summed E-state index contributed by atoms with van der Waals surface area (Å²) in [7, 11) is -4.01. The third-order valence-corrected chi connectivity index (χ3v) is 4.24. The van der Waals surface area contributed by atoms with E-state index in [9.17, 15) is 8.42 Å². The maximum Gasteiger partial charge on any atom is 0.358 e. The zero-order chi connectivity index (χ0) is 14.6. The third kappa shape index (κ3) is 3.23. The quantitative estimate of drug-likeness (QED) is 0.642. The standard InChI is InChI=1S/C13H10N2O3S2/c1-10-2-4-12(5-3-10)20(16,17)18-15-13(8-14)11-6-7-19-9-11/h2-7,9H,1H3. The van der Waals surface area contributed by atoms with Crippen molar-refractivity contribution in [3.05, 3.63) is 52.2 Å². The van der Waals surface area contributed by atoms with E-state index >= 15 is 0 Å². The maximum absolute atomic E-state index is 11.9. The van der Waals surface area contributed by atoms with Gasteiger partial charge in [-0.2, -0.15) is 25.0 Å². The van der Waals surface area contributed by atoms with Crippen LogP contribution >= 0.6 is 11.3 Å². The summed E-state index contributed by atoms with van der Waals surface area (Å²) >= 11 is 1.38. The lowest BCUT2D eigenvalue weighted by molar-refractivity contribution is 0.339. The van der Waals surface area contributed by atoms with E-state index in [1.807, 2.05) is 6.92 Å². The Balaban J connectivity index is 2.25. The van der Waals surface area contributed by atoms with Crippen molar-refractivity contribution in [3.63, 3.8) is 0 Å². The van der Waals surface area contributed by atoms with Crippen LogP contribution in [0.5, 0.6) is 0 Å². The number of nitriles is 1. The van der Waals surface area contributed by atoms with Crippen molar-refractivity contribution in [1.82, 2.24) is 0 Å². The van der Waals surface area contributed by atoms with Crippen LogP contribution in [0.2, 0.25) is 0 Å². The van der Waals surface area contributed by atoms with E-state index in [-0.39, 0.29) is 10.6 Å². The lowest BCUT2D eigenvalue weighted by Crippen LogP contribution is -2.05. The van der Waals surface area contributed by atoms with E-state index in [4.69, 9.17) is 5.26 Å². The molecule has 7 heteroatoms. The molecular weight excluding hydrogens is 296 g/mol. The fourth-order valence-corrected chi connectivity index (χ4v) is 2.74. The molecule has 0 aliphatic carbocycles. The molecular formula is C13H10N2O3S2. The van der Waals surface area contributed by atoms with Crippen molar-refractivity contribution in [2.45, 2.75) is 11.8 Å². The van der Waals surface area contributed by atoms with Gasteiger partial charge in [-0.05, 0) is 30.5 Å². The van der Waals surface area contributed by atoms with Gasteiger partial charge in [0, 0.05) is 10.9 Å². The molecule has 0 saturated heterocycles. The molecule has 0 aliphatic rings. The van der Waals surface area contributed by atoms with Crippen LogP contribution in [0.1, 0.15) is 11.1 Å². The second-order valence-electron chi connectivity index (χ2n) is 3.91. The van der Waals surface area contributed by atoms with Crippen LogP contribution in [0, 0.1) is 18.3 Å². The topological polar surface area (TPSA) is 79.5 Å². The molecule has 0 bridgehead atoms. The summed E-state index contributed by atoms with van der Waals surface area (Å²) in [5.74, 6) is 0. The lowest BCUT2D eigenvalue weighted by atomic mass is 10.2. The van der Waals surface area contributed by atoms with E-state index in [1.54, 1.807) is 35.0 Å². The van der Waals surface area contributed by atoms with Crippen LogP contribution < -0.4 is 0 Å². The highest BCUT2D eigenvalue weighted by atomic mass is 32.2. The Morgan fingerprint density at radius 1 is 1.30 bits per heavy atom. The van der Waals surface area contributed by atoms with Crippen LogP contribution in [0.25, 0.3) is 0 Å². The minimum absolute atomic E-state index is 0.00513. The molecule has 0 amide bonds. The molecule has 0 unspecified atom stereocenters. The summed E-state index contributed by atoms with van der Waals surface area (Å²) in [4.78, 5) is -0.00513. The van der Waals surface area contributed by atoms with Crippen molar-refractivity contribution in [2.75, 3.05) is 0 Å². The molecule has 0 radical (unpaired) electrons. The first-order chi connectivity index (χ1) is 9.53. The number of rotatable bonds is 4. The molecule has 1 aromatic carbocycles. The highest BCUT2D eigenvalue weighted by Gasteiger charge is 2.16. The van der Waals surface area contributed by atoms with Gasteiger partial charge in [-0.15, -0.1) is 0 Å². The average molecular weight is 306 g/mol. The molecule has 0 atom stereocenters. The van der Waals surface area contributed by atoms with E-state index in [2.05, 4.69) is 9.44 Å². The summed E-state index contributed by atoms with van der Waals surface area (Å²) in [5, 5.41) is 15.8. The summed E-state index contributed by atoms with van der Waals surface area (Å²) in [6, 6.07) is 9.63. The van der Waals surface area contributed by atoms with Gasteiger partial charge in [-0.3, -0.25) is 4.28 Å². The highest BCUT2D eigenvalue weighted by Crippen LogP contribution is 2.14. The van der Waals surface area contributed by atoms with Gasteiger partial charge in [-0.25, -0.2) is 0 Å². The van der Waals surface area contributed by atoms with Gasteiger partial charge in [-0.1, -0.05) is 22.9 Å². The lowest BCUT2D eigenvalue weighted by Gasteiger charge is -2.02. The number of aryl methyl sites for hydroxylation is 1. The molecule has 2 aromatic rings. The predicted molar refractivity (Wildman–Crippen MR) is 75.9 cm³/mol. The predicted octanol–water partition coefficient (Wildman–Crippen LogP) is 2.69. The second kappa shape index (κ2) is 5.86. The first kappa shape index (κ1) is 14.2. The van der Waals surface area contributed by atoms with E-state index in [0.717, 1.165) is 5.56 Å². The van der Waals surface area contributed by atoms with E-state index in [1.165, 1.54) is 23.5 Å². The van der Waals surface area contributed by atoms with Crippen molar-refractivity contribution in [3.8, 4) is 6.07 Å². The molecule has 0 aliphatic heterocycles. The van der Waals surface area contributed by atoms with Crippen LogP contribution in [-0.4, -0.2) is 14.1 Å². The second-order valence-corrected chi connectivity index (χ2v) is 6.21. The van der Waals surface area contributed by atoms with Gasteiger partial charge >= 0.3 is 10.1 Å². The van der Waals surface area contributed by atoms with E-state index in [0.29, 0.717) is 5.56 Å². The Hall–Kier alpha value is -2.17. The largest absolute Gasteiger partial charge is 0.358 e. The zero-order valence-corrected chi connectivity index (χ0v) is 12.1. The van der Waals surface area contributed by atoms with E-state index < -0.39 is 10.1 Å². The first-order valence-corrected chi connectivity index (χ1v) is 7.89. The number of oxime groups is 1. The first-order valence-electron chi connectivity index (χ1n) is 5.54. The summed E-state index contributed by atoms with van der Waals surface area (Å²) in [6.45, 7) is 1.85. The minimum Gasteiger partial charge on any atom is -0.263 e. The molecule has 0 N–H and O–H groups in total. The zero-order valence-electron chi connectivity index (χ0n) is 10.5. The van der Waals surface area contributed by atoms with Gasteiger partial charge in [0.2, 0.25) is 0 Å². The normalized spacial score (nSPS) is 11.9. The fraction of sp³-hybridized carbons (Fsp3) is 0.0769. The minimum atomic E-state index is -4.01. The number of hydrogen-bond donors (Lipinski definition) is 0. The summed E-state index contributed by atoms with van der Waals surface area (Å²) in [5.41, 5.74) is 1.38. The smallest absolute Gasteiger partial charge is 0.263 e. The van der Waals surface area contributed by atoms with Gasteiger partial charge in [0.25, 0.3) is 0 Å². The van der Waals surface area contributed by atoms with Crippen LogP contribution in [0.15, 0.2) is 51.1 Å². The molecule has 0 spiro atoms. The monoisotopic (exact) mass is 306 g/mol. The molecule has 1 aromatic heterocycles. The number of nitrogens with zero attached hydrogens (tertiary/aromatic N) is 2. The fourth-order valence-electron chi connectivity index (χ4n) is 1.37. The van der Waals surface area contributed by atoms with Crippen LogP contribution in [-0.2, 0) is 14.4 Å². The summed E-state index contributed by atoms with van der Waals surface area (Å²) < 4.78 is 28.4. The highest BCUT2D eigenvalue weighted by molar-refractivity contribution is 7.86. The number of hydrogen-bond acceptors (Lipinski definition) is 6. The van der Waals surface area contributed by atoms with Gasteiger partial charge in [0.15, 0.2) is 5.71 Å². The van der Waals surface area contributed by atoms with Crippen molar-refractivity contribution >= 4 is 27.2 Å². The molecule has 1 heterocycles. The van der Waals surface area contributed by atoms with Crippen molar-refractivity contribution in [1.29, 1.82) is 5.26 Å². The maximum atomic E-state index is 11.9. The molecule has 102 valence electrons. The Labute approximate surface area is 120 Å². The van der Waals surface area contributed by atoms with Crippen LogP contribution in [0.3, 0.4) is 0 Å². The number of thiophene rings is 1. The van der Waals surface area contributed by atoms with Crippen molar-refractivity contribution < 1.29 is 12.7 Å². The average Bonchev–Trinajstić information content (AvgIpc) is 2.94. The SMILES string of the molecule is Cc1ccc(S(=O)(=O)ON=C(C#N)c2ccsc2)cc1. The molecule has 2 rings (SSSR count). The molecule has 0 fully saturated rings. The van der Waals surface area contributed by atoms with Crippen molar-refractivity contribution in [2.24, 2.45) is 5.16 Å². The van der Waals surface area contributed by atoms with Gasteiger partial charge < -0.3 is 0 Å². The number of benzene rings is 1. The molecule has 5 nitrogen and oxygen atoms in total. The van der Waals surface area contributed by atoms with Gasteiger partial charge in [0.05, 0.1) is 0 Å². The third-order valence-electron chi connectivity index (χ3n) is 2.44. The Morgan fingerprint density at radius 2 is 2.00 bits per heavy atom. The van der Waals surface area contributed by atoms with Gasteiger partial charge in [0.1, 0.15) is 11.0 Å². The van der Waals surface area contributed by atoms with Crippen LogP contribution in [0.4, 0.5) is 0 Å². The Morgan fingerprint density at radius 3 is 2.55 bits per heavy atom. The Kier molecular flexibility index (Phi) is 4.17.